The molecule has 1 rings (SSSR count). The maximum atomic E-state index is 10.5. The predicted molar refractivity (Wildman–Crippen MR) is 88.5 cm³/mol. The standard InChI is InChI=1S/C16H32O6S/c1-2-3-4-5-6-7-8-9-10-11-16-20-12-15(13-21-16)14-22-23(17,18)19/h15-16H,2-14H2,1H3,(H,17,18,19)/t15-,16+. The lowest BCUT2D eigenvalue weighted by Crippen LogP contribution is -2.34. The monoisotopic (exact) mass is 352 g/mol. The van der Waals surface area contributed by atoms with Crippen LogP contribution < -0.4 is 0 Å². The fraction of sp³-hybridized carbons (Fsp3) is 1.00. The Morgan fingerprint density at radius 2 is 1.48 bits per heavy atom. The van der Waals surface area contributed by atoms with Gasteiger partial charge in [-0.2, -0.15) is 8.42 Å². The molecule has 1 aliphatic heterocycles. The highest BCUT2D eigenvalue weighted by atomic mass is 32.3. The zero-order valence-corrected chi connectivity index (χ0v) is 15.1. The van der Waals surface area contributed by atoms with E-state index in [1.807, 2.05) is 0 Å². The molecule has 1 heterocycles. The van der Waals surface area contributed by atoms with Crippen molar-refractivity contribution in [2.45, 2.75) is 77.4 Å². The third-order valence-electron chi connectivity index (χ3n) is 4.03. The molecule has 1 saturated heterocycles. The fourth-order valence-corrected chi connectivity index (χ4v) is 3.01. The Morgan fingerprint density at radius 1 is 0.957 bits per heavy atom. The first kappa shape index (κ1) is 20.8. The maximum Gasteiger partial charge on any atom is 0.397 e. The summed E-state index contributed by atoms with van der Waals surface area (Å²) >= 11 is 0. The van der Waals surface area contributed by atoms with Gasteiger partial charge in [0.15, 0.2) is 6.29 Å². The minimum atomic E-state index is -4.38. The molecule has 0 saturated carbocycles. The first-order chi connectivity index (χ1) is 11.0. The van der Waals surface area contributed by atoms with Gasteiger partial charge < -0.3 is 9.47 Å². The molecule has 1 fully saturated rings. The maximum absolute atomic E-state index is 10.5. The summed E-state index contributed by atoms with van der Waals surface area (Å²) in [4.78, 5) is 0. The summed E-state index contributed by atoms with van der Waals surface area (Å²) in [5, 5.41) is 0. The van der Waals surface area contributed by atoms with Crippen molar-refractivity contribution in [3.63, 3.8) is 0 Å². The average Bonchev–Trinajstić information content (AvgIpc) is 2.52. The van der Waals surface area contributed by atoms with Crippen LogP contribution in [-0.2, 0) is 24.1 Å². The third-order valence-corrected chi connectivity index (χ3v) is 4.47. The Balaban J connectivity index is 1.92. The molecule has 0 unspecified atom stereocenters. The second kappa shape index (κ2) is 12.2. The van der Waals surface area contributed by atoms with Gasteiger partial charge in [0.25, 0.3) is 0 Å². The molecule has 0 aromatic carbocycles. The second-order valence-corrected chi connectivity index (χ2v) is 7.38. The molecule has 0 radical (unpaired) electrons. The summed E-state index contributed by atoms with van der Waals surface area (Å²) in [6, 6.07) is 0. The molecule has 1 aliphatic rings. The average molecular weight is 352 g/mol. The molecule has 0 aromatic heterocycles. The van der Waals surface area contributed by atoms with E-state index in [1.54, 1.807) is 0 Å². The van der Waals surface area contributed by atoms with Gasteiger partial charge in [-0.05, 0) is 12.8 Å². The van der Waals surface area contributed by atoms with Crippen molar-refractivity contribution < 1.29 is 26.6 Å². The highest BCUT2D eigenvalue weighted by Crippen LogP contribution is 2.18. The molecule has 6 nitrogen and oxygen atoms in total. The second-order valence-electron chi connectivity index (χ2n) is 6.29. The Morgan fingerprint density at radius 3 is 2.00 bits per heavy atom. The van der Waals surface area contributed by atoms with Gasteiger partial charge in [-0.25, -0.2) is 4.18 Å². The minimum absolute atomic E-state index is 0.108. The van der Waals surface area contributed by atoms with Crippen LogP contribution in [0.1, 0.15) is 71.1 Å². The molecule has 0 spiro atoms. The van der Waals surface area contributed by atoms with E-state index in [2.05, 4.69) is 11.1 Å². The summed E-state index contributed by atoms with van der Waals surface area (Å²) in [6.07, 6.45) is 12.3. The normalized spacial score (nSPS) is 22.3. The molecule has 23 heavy (non-hydrogen) atoms. The summed E-state index contributed by atoms with van der Waals surface area (Å²) in [7, 11) is -4.38. The van der Waals surface area contributed by atoms with Crippen LogP contribution in [0.5, 0.6) is 0 Å². The molecule has 0 amide bonds. The largest absolute Gasteiger partial charge is 0.397 e. The van der Waals surface area contributed by atoms with E-state index in [0.717, 1.165) is 12.8 Å². The van der Waals surface area contributed by atoms with E-state index >= 15 is 0 Å². The van der Waals surface area contributed by atoms with Gasteiger partial charge in [0.2, 0.25) is 0 Å². The molecule has 0 atom stereocenters. The van der Waals surface area contributed by atoms with Gasteiger partial charge in [0.05, 0.1) is 19.8 Å². The van der Waals surface area contributed by atoms with Crippen molar-refractivity contribution >= 4 is 10.4 Å². The smallest absolute Gasteiger partial charge is 0.352 e. The number of hydrogen-bond acceptors (Lipinski definition) is 5. The van der Waals surface area contributed by atoms with Crippen molar-refractivity contribution in [1.29, 1.82) is 0 Å². The van der Waals surface area contributed by atoms with E-state index in [1.165, 1.54) is 51.4 Å². The Bertz CT molecular complexity index is 376. The first-order valence-corrected chi connectivity index (χ1v) is 10.2. The van der Waals surface area contributed by atoms with Gasteiger partial charge in [-0.15, -0.1) is 0 Å². The SMILES string of the molecule is CCCCCCCCCCC[C@H]1OC[C@@H](COS(=O)(=O)O)CO1. The fourth-order valence-electron chi connectivity index (χ4n) is 2.65. The van der Waals surface area contributed by atoms with E-state index in [0.29, 0.717) is 13.2 Å². The zero-order valence-electron chi connectivity index (χ0n) is 14.2. The van der Waals surface area contributed by atoms with Crippen LogP contribution in [0, 0.1) is 5.92 Å². The van der Waals surface area contributed by atoms with E-state index < -0.39 is 10.4 Å². The topological polar surface area (TPSA) is 82.1 Å². The molecule has 138 valence electrons. The van der Waals surface area contributed by atoms with Crippen LogP contribution in [0.15, 0.2) is 0 Å². The van der Waals surface area contributed by atoms with Crippen molar-refractivity contribution in [2.24, 2.45) is 5.92 Å². The molecule has 0 aromatic rings. The van der Waals surface area contributed by atoms with Gasteiger partial charge in [0.1, 0.15) is 0 Å². The Hall–Kier alpha value is -0.210. The Labute approximate surface area is 140 Å². The van der Waals surface area contributed by atoms with Crippen molar-refractivity contribution in [1.82, 2.24) is 0 Å². The molecule has 7 heteroatoms. The van der Waals surface area contributed by atoms with Crippen molar-refractivity contribution in [2.75, 3.05) is 19.8 Å². The van der Waals surface area contributed by atoms with Crippen LogP contribution in [0.25, 0.3) is 0 Å². The lowest BCUT2D eigenvalue weighted by molar-refractivity contribution is -0.206. The van der Waals surface area contributed by atoms with Gasteiger partial charge in [-0.1, -0.05) is 58.3 Å². The van der Waals surface area contributed by atoms with Crippen LogP contribution in [0.2, 0.25) is 0 Å². The lowest BCUT2D eigenvalue weighted by Gasteiger charge is -2.28. The molecule has 0 bridgehead atoms. The Kier molecular flexibility index (Phi) is 11.0. The number of ether oxygens (including phenoxy) is 2. The van der Waals surface area contributed by atoms with Crippen molar-refractivity contribution in [3.8, 4) is 0 Å². The van der Waals surface area contributed by atoms with Gasteiger partial charge in [-0.3, -0.25) is 4.55 Å². The molecule has 1 N–H and O–H groups in total. The lowest BCUT2D eigenvalue weighted by atomic mass is 10.1. The molecule has 0 aliphatic carbocycles. The number of rotatable bonds is 13. The molecular formula is C16H32O6S. The van der Waals surface area contributed by atoms with E-state index in [9.17, 15) is 8.42 Å². The quantitative estimate of drug-likeness (QED) is 0.402. The highest BCUT2D eigenvalue weighted by molar-refractivity contribution is 7.80. The van der Waals surface area contributed by atoms with Gasteiger partial charge in [0, 0.05) is 5.92 Å². The summed E-state index contributed by atoms with van der Waals surface area (Å²) in [5.41, 5.74) is 0. The highest BCUT2D eigenvalue weighted by Gasteiger charge is 2.23. The summed E-state index contributed by atoms with van der Waals surface area (Å²) in [6.45, 7) is 2.93. The zero-order chi connectivity index (χ0) is 17.0. The van der Waals surface area contributed by atoms with Crippen molar-refractivity contribution in [3.05, 3.63) is 0 Å². The first-order valence-electron chi connectivity index (χ1n) is 8.86. The number of hydrogen-bond donors (Lipinski definition) is 1. The summed E-state index contributed by atoms with van der Waals surface area (Å²) < 4.78 is 44.9. The molecular weight excluding hydrogens is 320 g/mol. The third kappa shape index (κ3) is 11.9. The van der Waals surface area contributed by atoms with E-state index in [-0.39, 0.29) is 18.8 Å². The van der Waals surface area contributed by atoms with Crippen LogP contribution >= 0.6 is 0 Å². The van der Waals surface area contributed by atoms with Crippen LogP contribution in [0.3, 0.4) is 0 Å². The summed E-state index contributed by atoms with van der Waals surface area (Å²) in [5.74, 6) is -0.156. The van der Waals surface area contributed by atoms with Gasteiger partial charge >= 0.3 is 10.4 Å². The number of unbranched alkanes of at least 4 members (excludes halogenated alkanes) is 8. The van der Waals surface area contributed by atoms with Crippen LogP contribution in [0.4, 0.5) is 0 Å². The minimum Gasteiger partial charge on any atom is -0.352 e. The predicted octanol–water partition coefficient (Wildman–Crippen LogP) is 3.72. The van der Waals surface area contributed by atoms with Crippen LogP contribution in [-0.4, -0.2) is 39.1 Å². The van der Waals surface area contributed by atoms with E-state index in [4.69, 9.17) is 14.0 Å².